The monoisotopic (exact) mass is 487 g/mol. The number of rotatable bonds is 9. The first kappa shape index (κ1) is 25.7. The highest BCUT2D eigenvalue weighted by atomic mass is 32.2. The number of nitrogens with zero attached hydrogens (tertiary/aromatic N) is 1. The van der Waals surface area contributed by atoms with E-state index in [4.69, 9.17) is 4.74 Å². The summed E-state index contributed by atoms with van der Waals surface area (Å²) in [6, 6.07) is 12.5. The van der Waals surface area contributed by atoms with E-state index >= 15 is 0 Å². The van der Waals surface area contributed by atoms with Crippen LogP contribution in [0.4, 0.5) is 0 Å². The minimum Gasteiger partial charge on any atom is -0.497 e. The molecule has 1 heterocycles. The predicted molar refractivity (Wildman–Crippen MR) is 130 cm³/mol. The molecule has 0 spiro atoms. The molecule has 1 fully saturated rings. The van der Waals surface area contributed by atoms with Crippen molar-refractivity contribution in [2.75, 3.05) is 20.2 Å². The Hall–Kier alpha value is -2.91. The predicted octanol–water partition coefficient (Wildman–Crippen LogP) is 2.94. The van der Waals surface area contributed by atoms with Gasteiger partial charge in [-0.3, -0.25) is 9.59 Å². The molecule has 0 bridgehead atoms. The van der Waals surface area contributed by atoms with Crippen molar-refractivity contribution in [1.82, 2.24) is 14.9 Å². The van der Waals surface area contributed by atoms with Crippen molar-refractivity contribution in [2.24, 2.45) is 5.92 Å². The summed E-state index contributed by atoms with van der Waals surface area (Å²) in [5.74, 6) is -0.195. The van der Waals surface area contributed by atoms with E-state index in [0.29, 0.717) is 30.0 Å². The third-order valence-corrected chi connectivity index (χ3v) is 7.80. The van der Waals surface area contributed by atoms with Gasteiger partial charge in [0.1, 0.15) is 11.8 Å². The summed E-state index contributed by atoms with van der Waals surface area (Å²) in [5, 5.41) is 5.62. The van der Waals surface area contributed by atoms with E-state index < -0.39 is 16.1 Å². The Kier molecular flexibility index (Phi) is 8.68. The second-order valence-corrected chi connectivity index (χ2v) is 10.7. The van der Waals surface area contributed by atoms with Gasteiger partial charge in [0.2, 0.25) is 15.9 Å². The van der Waals surface area contributed by atoms with Crippen LogP contribution in [0.1, 0.15) is 49.0 Å². The number of carbonyl (C=O) groups excluding carboxylic acids is 2. The molecule has 0 radical (unpaired) electrons. The molecule has 2 aromatic carbocycles. The van der Waals surface area contributed by atoms with Crippen LogP contribution in [0.3, 0.4) is 0 Å². The molecule has 0 aromatic heterocycles. The molecule has 1 atom stereocenters. The van der Waals surface area contributed by atoms with Crippen LogP contribution in [-0.2, 0) is 21.4 Å². The SMILES string of the molecule is COc1ccc(C(=O)NC(C(=O)NCc2cccc(S(=O)(=O)N3CCCCC3)c2)C(C)C)cc1. The van der Waals surface area contributed by atoms with Crippen LogP contribution in [0.25, 0.3) is 0 Å². The standard InChI is InChI=1S/C25H33N3O5S/c1-18(2)23(27-24(29)20-10-12-21(33-3)13-11-20)25(30)26-17-19-8-7-9-22(16-19)34(31,32)28-14-5-4-6-15-28/h7-13,16,18,23H,4-6,14-15,17H2,1-3H3,(H,26,30)(H,27,29). The van der Waals surface area contributed by atoms with Gasteiger partial charge in [-0.1, -0.05) is 32.4 Å². The van der Waals surface area contributed by atoms with Crippen molar-refractivity contribution < 1.29 is 22.7 Å². The van der Waals surface area contributed by atoms with Gasteiger partial charge in [-0.2, -0.15) is 4.31 Å². The van der Waals surface area contributed by atoms with Gasteiger partial charge in [0.05, 0.1) is 12.0 Å². The first-order valence-electron chi connectivity index (χ1n) is 11.5. The number of sulfonamides is 1. The Balaban J connectivity index is 1.64. The molecule has 1 saturated heterocycles. The molecule has 9 heteroatoms. The van der Waals surface area contributed by atoms with Gasteiger partial charge >= 0.3 is 0 Å². The number of carbonyl (C=O) groups is 2. The second-order valence-electron chi connectivity index (χ2n) is 8.75. The van der Waals surface area contributed by atoms with Gasteiger partial charge in [-0.15, -0.1) is 0 Å². The number of benzene rings is 2. The fourth-order valence-corrected chi connectivity index (χ4v) is 5.46. The Bertz CT molecular complexity index is 1090. The van der Waals surface area contributed by atoms with Gasteiger partial charge in [0.25, 0.3) is 5.91 Å². The molecule has 1 unspecified atom stereocenters. The fourth-order valence-electron chi connectivity index (χ4n) is 3.87. The van der Waals surface area contributed by atoms with Crippen molar-refractivity contribution in [3.63, 3.8) is 0 Å². The molecule has 2 N–H and O–H groups in total. The van der Waals surface area contributed by atoms with Crippen LogP contribution in [0.5, 0.6) is 5.75 Å². The minimum atomic E-state index is -3.55. The van der Waals surface area contributed by atoms with E-state index in [1.807, 2.05) is 13.8 Å². The third kappa shape index (κ3) is 6.36. The van der Waals surface area contributed by atoms with Crippen LogP contribution in [0, 0.1) is 5.92 Å². The molecule has 2 aromatic rings. The zero-order chi connectivity index (χ0) is 24.7. The minimum absolute atomic E-state index is 0.145. The van der Waals surface area contributed by atoms with Crippen LogP contribution < -0.4 is 15.4 Å². The average molecular weight is 488 g/mol. The molecule has 184 valence electrons. The van der Waals surface area contributed by atoms with Crippen LogP contribution in [-0.4, -0.2) is 50.8 Å². The van der Waals surface area contributed by atoms with E-state index in [1.54, 1.807) is 55.6 Å². The lowest BCUT2D eigenvalue weighted by Gasteiger charge is -2.26. The van der Waals surface area contributed by atoms with Crippen LogP contribution >= 0.6 is 0 Å². The summed E-state index contributed by atoms with van der Waals surface area (Å²) in [7, 11) is -2.00. The summed E-state index contributed by atoms with van der Waals surface area (Å²) in [6.07, 6.45) is 2.78. The number of hydrogen-bond acceptors (Lipinski definition) is 5. The quantitative estimate of drug-likeness (QED) is 0.566. The molecule has 1 aliphatic rings. The summed E-state index contributed by atoms with van der Waals surface area (Å²) in [4.78, 5) is 25.8. The van der Waals surface area contributed by atoms with Gasteiger partial charge in [-0.25, -0.2) is 8.42 Å². The number of piperidine rings is 1. The smallest absolute Gasteiger partial charge is 0.251 e. The first-order valence-corrected chi connectivity index (χ1v) is 13.0. The van der Waals surface area contributed by atoms with Crippen molar-refractivity contribution in [1.29, 1.82) is 0 Å². The molecule has 34 heavy (non-hydrogen) atoms. The summed E-state index contributed by atoms with van der Waals surface area (Å²) in [5.41, 5.74) is 1.10. The van der Waals surface area contributed by atoms with Crippen LogP contribution in [0.2, 0.25) is 0 Å². The van der Waals surface area contributed by atoms with E-state index in [-0.39, 0.29) is 29.2 Å². The highest BCUT2D eigenvalue weighted by molar-refractivity contribution is 7.89. The maximum absolute atomic E-state index is 13.0. The van der Waals surface area contributed by atoms with Crippen molar-refractivity contribution in [3.05, 3.63) is 59.7 Å². The summed E-state index contributed by atoms with van der Waals surface area (Å²) >= 11 is 0. The highest BCUT2D eigenvalue weighted by Crippen LogP contribution is 2.21. The molecular weight excluding hydrogens is 454 g/mol. The molecule has 2 amide bonds. The molecule has 0 aliphatic carbocycles. The zero-order valence-electron chi connectivity index (χ0n) is 19.9. The van der Waals surface area contributed by atoms with Gasteiger partial charge in [-0.05, 0) is 60.7 Å². The molecular formula is C25H33N3O5S. The molecule has 8 nitrogen and oxygen atoms in total. The molecule has 0 saturated carbocycles. The van der Waals surface area contributed by atoms with Crippen LogP contribution in [0.15, 0.2) is 53.4 Å². The topological polar surface area (TPSA) is 105 Å². The molecule has 3 rings (SSSR count). The van der Waals surface area contributed by atoms with E-state index in [9.17, 15) is 18.0 Å². The Morgan fingerprint density at radius 2 is 1.71 bits per heavy atom. The van der Waals surface area contributed by atoms with Gasteiger partial charge in [0, 0.05) is 25.2 Å². The number of hydrogen-bond donors (Lipinski definition) is 2. The Morgan fingerprint density at radius 1 is 1.03 bits per heavy atom. The number of methoxy groups -OCH3 is 1. The zero-order valence-corrected chi connectivity index (χ0v) is 20.7. The Morgan fingerprint density at radius 3 is 2.32 bits per heavy atom. The van der Waals surface area contributed by atoms with Crippen molar-refractivity contribution in [2.45, 2.75) is 50.6 Å². The maximum atomic E-state index is 13.0. The summed E-state index contributed by atoms with van der Waals surface area (Å²) < 4.78 is 32.5. The number of nitrogens with one attached hydrogen (secondary N) is 2. The largest absolute Gasteiger partial charge is 0.497 e. The van der Waals surface area contributed by atoms with Crippen molar-refractivity contribution in [3.8, 4) is 5.75 Å². The lowest BCUT2D eigenvalue weighted by atomic mass is 10.0. The average Bonchev–Trinajstić information content (AvgIpc) is 2.86. The summed E-state index contributed by atoms with van der Waals surface area (Å²) in [6.45, 7) is 4.93. The van der Waals surface area contributed by atoms with E-state index in [1.165, 1.54) is 4.31 Å². The lowest BCUT2D eigenvalue weighted by Crippen LogP contribution is -2.49. The van der Waals surface area contributed by atoms with E-state index in [0.717, 1.165) is 19.3 Å². The normalized spacial score (nSPS) is 15.5. The third-order valence-electron chi connectivity index (χ3n) is 5.91. The lowest BCUT2D eigenvalue weighted by molar-refractivity contribution is -0.124. The highest BCUT2D eigenvalue weighted by Gasteiger charge is 2.27. The van der Waals surface area contributed by atoms with E-state index in [2.05, 4.69) is 10.6 Å². The first-order chi connectivity index (χ1) is 16.2. The maximum Gasteiger partial charge on any atom is 0.251 e. The fraction of sp³-hybridized carbons (Fsp3) is 0.440. The number of amides is 2. The second kappa shape index (κ2) is 11.5. The Labute approximate surface area is 201 Å². The molecule has 1 aliphatic heterocycles. The van der Waals surface area contributed by atoms with Crippen molar-refractivity contribution >= 4 is 21.8 Å². The van der Waals surface area contributed by atoms with Gasteiger partial charge in [0.15, 0.2) is 0 Å². The number of ether oxygens (including phenoxy) is 1. The van der Waals surface area contributed by atoms with Gasteiger partial charge < -0.3 is 15.4 Å².